The van der Waals surface area contributed by atoms with E-state index in [1.807, 2.05) is 24.5 Å². The van der Waals surface area contributed by atoms with Gasteiger partial charge in [0.2, 0.25) is 0 Å². The number of nitrogens with zero attached hydrogens (tertiary/aromatic N) is 2. The molecule has 4 nitrogen and oxygen atoms in total. The third-order valence-electron chi connectivity index (χ3n) is 5.04. The van der Waals surface area contributed by atoms with Gasteiger partial charge in [-0.25, -0.2) is 0 Å². The smallest absolute Gasteiger partial charge is 0.170 e. The van der Waals surface area contributed by atoms with Crippen LogP contribution in [0.2, 0.25) is 0 Å². The summed E-state index contributed by atoms with van der Waals surface area (Å²) < 4.78 is 0. The van der Waals surface area contributed by atoms with E-state index < -0.39 is 0 Å². The first-order valence-corrected chi connectivity index (χ1v) is 8.88. The summed E-state index contributed by atoms with van der Waals surface area (Å²) in [6, 6.07) is 11.1. The fraction of sp³-hybridized carbons (Fsp3) is 0.444. The zero-order valence-electron chi connectivity index (χ0n) is 13.1. The van der Waals surface area contributed by atoms with Gasteiger partial charge < -0.3 is 15.2 Å². The summed E-state index contributed by atoms with van der Waals surface area (Å²) >= 11 is 5.72. The van der Waals surface area contributed by atoms with E-state index in [9.17, 15) is 0 Å². The van der Waals surface area contributed by atoms with Crippen LogP contribution >= 0.6 is 12.2 Å². The second-order valence-corrected chi connectivity index (χ2v) is 6.84. The Morgan fingerprint density at radius 1 is 1.09 bits per heavy atom. The number of thiocarbonyl (C=S) groups is 1. The number of rotatable bonds is 3. The number of hydrogen-bond acceptors (Lipinski definition) is 2. The lowest BCUT2D eigenvalue weighted by Crippen LogP contribution is -2.40. The molecule has 2 fully saturated rings. The number of nitrogens with one attached hydrogen (secondary N) is 2. The van der Waals surface area contributed by atoms with Crippen LogP contribution in [0.4, 0.5) is 0 Å². The van der Waals surface area contributed by atoms with Gasteiger partial charge in [0.1, 0.15) is 0 Å². The topological polar surface area (TPSA) is 44.0 Å². The molecule has 0 amide bonds. The molecule has 2 aliphatic rings. The van der Waals surface area contributed by atoms with Crippen molar-refractivity contribution in [3.8, 4) is 0 Å². The highest BCUT2D eigenvalue weighted by Gasteiger charge is 2.43. The lowest BCUT2D eigenvalue weighted by atomic mass is 9.92. The van der Waals surface area contributed by atoms with Crippen molar-refractivity contribution in [2.45, 2.75) is 50.2 Å². The molecule has 2 N–H and O–H groups in total. The summed E-state index contributed by atoms with van der Waals surface area (Å²) in [7, 11) is 0. The van der Waals surface area contributed by atoms with Crippen LogP contribution in [0.1, 0.15) is 55.6 Å². The van der Waals surface area contributed by atoms with Gasteiger partial charge in [-0.3, -0.25) is 4.98 Å². The monoisotopic (exact) mass is 326 g/mol. The van der Waals surface area contributed by atoms with Crippen molar-refractivity contribution in [3.05, 3.63) is 54.1 Å². The van der Waals surface area contributed by atoms with E-state index in [1.54, 1.807) is 0 Å². The van der Waals surface area contributed by atoms with Gasteiger partial charge in [0.05, 0.1) is 17.8 Å². The molecule has 0 unspecified atom stereocenters. The molecule has 0 aromatic carbocycles. The number of hydrogen-bond donors (Lipinski definition) is 2. The van der Waals surface area contributed by atoms with Crippen molar-refractivity contribution in [2.24, 2.45) is 0 Å². The van der Waals surface area contributed by atoms with E-state index >= 15 is 0 Å². The Morgan fingerprint density at radius 3 is 2.65 bits per heavy atom. The Kier molecular flexibility index (Phi) is 4.04. The summed E-state index contributed by atoms with van der Waals surface area (Å²) in [5.74, 6) is 0. The highest BCUT2D eigenvalue weighted by atomic mass is 32.1. The van der Waals surface area contributed by atoms with E-state index in [4.69, 9.17) is 12.2 Å². The summed E-state index contributed by atoms with van der Waals surface area (Å²) in [6.45, 7) is 0. The first-order chi connectivity index (χ1) is 11.3. The van der Waals surface area contributed by atoms with E-state index in [-0.39, 0.29) is 12.1 Å². The molecule has 2 atom stereocenters. The largest absolute Gasteiger partial charge is 0.363 e. The van der Waals surface area contributed by atoms with Crippen molar-refractivity contribution >= 4 is 17.3 Å². The number of H-pyrrole nitrogens is 1. The van der Waals surface area contributed by atoms with E-state index in [0.29, 0.717) is 6.04 Å². The normalized spacial score (nSPS) is 25.6. The van der Waals surface area contributed by atoms with E-state index in [0.717, 1.165) is 10.8 Å². The van der Waals surface area contributed by atoms with Gasteiger partial charge in [-0.15, -0.1) is 0 Å². The number of aromatic nitrogens is 2. The molecule has 0 bridgehead atoms. The predicted molar refractivity (Wildman–Crippen MR) is 95.0 cm³/mol. The average molecular weight is 326 g/mol. The van der Waals surface area contributed by atoms with Crippen LogP contribution in [0, 0.1) is 0 Å². The van der Waals surface area contributed by atoms with Crippen LogP contribution < -0.4 is 5.32 Å². The zero-order valence-corrected chi connectivity index (χ0v) is 13.9. The minimum atomic E-state index is 0.101. The molecule has 120 valence electrons. The third-order valence-corrected chi connectivity index (χ3v) is 5.37. The predicted octanol–water partition coefficient (Wildman–Crippen LogP) is 3.71. The molecule has 0 spiro atoms. The number of aromatic amines is 1. The van der Waals surface area contributed by atoms with Gasteiger partial charge in [-0.1, -0.05) is 25.3 Å². The molecule has 1 aliphatic carbocycles. The maximum Gasteiger partial charge on any atom is 0.170 e. The Bertz CT molecular complexity index is 649. The van der Waals surface area contributed by atoms with E-state index in [1.165, 1.54) is 37.8 Å². The van der Waals surface area contributed by atoms with Crippen LogP contribution in [-0.4, -0.2) is 26.0 Å². The van der Waals surface area contributed by atoms with Crippen molar-refractivity contribution in [3.63, 3.8) is 0 Å². The van der Waals surface area contributed by atoms with Gasteiger partial charge in [-0.05, 0) is 49.3 Å². The maximum absolute atomic E-state index is 5.72. The van der Waals surface area contributed by atoms with Gasteiger partial charge in [0.25, 0.3) is 0 Å². The molecule has 5 heteroatoms. The SMILES string of the molecule is S=C1N[C@H](c2ccccn2)[C@@H](c2ccc[nH]2)N1C1CCCCC1. The lowest BCUT2D eigenvalue weighted by molar-refractivity contribution is 0.195. The fourth-order valence-corrected chi connectivity index (χ4v) is 4.37. The zero-order chi connectivity index (χ0) is 15.6. The first-order valence-electron chi connectivity index (χ1n) is 8.47. The fourth-order valence-electron chi connectivity index (χ4n) is 3.98. The minimum Gasteiger partial charge on any atom is -0.363 e. The van der Waals surface area contributed by atoms with Crippen molar-refractivity contribution in [1.29, 1.82) is 0 Å². The summed E-state index contributed by atoms with van der Waals surface area (Å²) in [5.41, 5.74) is 2.26. The van der Waals surface area contributed by atoms with Gasteiger partial charge in [0, 0.05) is 24.1 Å². The van der Waals surface area contributed by atoms with Crippen molar-refractivity contribution in [1.82, 2.24) is 20.2 Å². The molecule has 0 radical (unpaired) electrons. The van der Waals surface area contributed by atoms with Crippen molar-refractivity contribution < 1.29 is 0 Å². The van der Waals surface area contributed by atoms with Crippen LogP contribution in [0.15, 0.2) is 42.7 Å². The van der Waals surface area contributed by atoms with Crippen LogP contribution in [0.25, 0.3) is 0 Å². The average Bonchev–Trinajstić information content (AvgIpc) is 3.24. The molecule has 2 aromatic heterocycles. The Morgan fingerprint density at radius 2 is 1.96 bits per heavy atom. The quantitative estimate of drug-likeness (QED) is 0.844. The van der Waals surface area contributed by atoms with Crippen LogP contribution in [-0.2, 0) is 0 Å². The minimum absolute atomic E-state index is 0.101. The Balaban J connectivity index is 1.71. The molecule has 3 heterocycles. The highest BCUT2D eigenvalue weighted by molar-refractivity contribution is 7.80. The number of pyridine rings is 1. The van der Waals surface area contributed by atoms with Gasteiger partial charge in [-0.2, -0.15) is 0 Å². The summed E-state index contributed by atoms with van der Waals surface area (Å²) in [5, 5.41) is 4.40. The molecular formula is C18H22N4S. The molecule has 4 rings (SSSR count). The van der Waals surface area contributed by atoms with Crippen LogP contribution in [0.5, 0.6) is 0 Å². The molecule has 23 heavy (non-hydrogen) atoms. The molecule has 2 aromatic rings. The molecule has 1 saturated heterocycles. The molecule has 1 saturated carbocycles. The van der Waals surface area contributed by atoms with E-state index in [2.05, 4.69) is 38.4 Å². The Labute approximate surface area is 142 Å². The highest BCUT2D eigenvalue weighted by Crippen LogP contribution is 2.41. The third kappa shape index (κ3) is 2.74. The molecule has 1 aliphatic heterocycles. The lowest BCUT2D eigenvalue weighted by Gasteiger charge is -2.36. The van der Waals surface area contributed by atoms with Crippen molar-refractivity contribution in [2.75, 3.05) is 0 Å². The van der Waals surface area contributed by atoms with Crippen LogP contribution in [0.3, 0.4) is 0 Å². The summed E-state index contributed by atoms with van der Waals surface area (Å²) in [6.07, 6.45) is 10.3. The molecular weight excluding hydrogens is 304 g/mol. The standard InChI is InChI=1S/C18H22N4S/c23-18-21-16(14-9-4-5-11-19-14)17(15-10-6-12-20-15)22(18)13-7-2-1-3-8-13/h4-6,9-13,16-17,20H,1-3,7-8H2,(H,21,23)/t16-,17-/m1/s1. The van der Waals surface area contributed by atoms with Gasteiger partial charge >= 0.3 is 0 Å². The second-order valence-electron chi connectivity index (χ2n) is 6.45. The second kappa shape index (κ2) is 6.32. The van der Waals surface area contributed by atoms with Gasteiger partial charge in [0.15, 0.2) is 5.11 Å². The first kappa shape index (κ1) is 14.7. The maximum atomic E-state index is 5.72. The summed E-state index contributed by atoms with van der Waals surface area (Å²) in [4.78, 5) is 10.4. The Hall–Kier alpha value is -1.88.